The Labute approximate surface area is 89.4 Å². The summed E-state index contributed by atoms with van der Waals surface area (Å²) in [7, 11) is 1.72. The molecule has 1 amide bonds. The molecule has 2 N–H and O–H groups in total. The molecule has 0 aliphatic rings. The fourth-order valence-electron chi connectivity index (χ4n) is 1.30. The number of nitrogens with two attached hydrogens (primary N) is 1. The molecule has 1 rings (SSSR count). The van der Waals surface area contributed by atoms with Crippen LogP contribution in [-0.2, 0) is 11.3 Å². The van der Waals surface area contributed by atoms with Crippen LogP contribution in [-0.4, -0.2) is 23.9 Å². The minimum atomic E-state index is -0.501. The van der Waals surface area contributed by atoms with Crippen LogP contribution in [0.25, 0.3) is 0 Å². The van der Waals surface area contributed by atoms with Crippen LogP contribution in [0.15, 0.2) is 35.7 Å². The number of amides is 1. The molecule has 1 aromatic heterocycles. The molecule has 0 radical (unpaired) electrons. The Morgan fingerprint density at radius 1 is 1.80 bits per heavy atom. The molecule has 82 valence electrons. The number of carbonyl (C=O) groups excluding carboxylic acids is 1. The summed E-state index contributed by atoms with van der Waals surface area (Å²) >= 11 is 0. The molecule has 0 aliphatic carbocycles. The lowest BCUT2D eigenvalue weighted by Gasteiger charge is -2.19. The van der Waals surface area contributed by atoms with Gasteiger partial charge in [-0.15, -0.1) is 6.58 Å². The van der Waals surface area contributed by atoms with Gasteiger partial charge in [0, 0.05) is 19.2 Å². The maximum Gasteiger partial charge on any atom is 0.239 e. The zero-order chi connectivity index (χ0) is 11.3. The van der Waals surface area contributed by atoms with Crippen molar-refractivity contribution in [3.63, 3.8) is 0 Å². The topological polar surface area (TPSA) is 59.5 Å². The van der Waals surface area contributed by atoms with Gasteiger partial charge in [-0.25, -0.2) is 0 Å². The van der Waals surface area contributed by atoms with E-state index in [1.807, 2.05) is 6.07 Å². The second-order valence-electron chi connectivity index (χ2n) is 3.46. The van der Waals surface area contributed by atoms with Gasteiger partial charge in [-0.3, -0.25) is 4.79 Å². The molecular formula is C11H16N2O2. The van der Waals surface area contributed by atoms with Gasteiger partial charge in [-0.05, 0) is 12.5 Å². The Balaban J connectivity index is 2.49. The van der Waals surface area contributed by atoms with Crippen molar-refractivity contribution in [2.45, 2.75) is 19.0 Å². The number of hydrogen-bond acceptors (Lipinski definition) is 3. The van der Waals surface area contributed by atoms with Gasteiger partial charge in [0.15, 0.2) is 0 Å². The highest BCUT2D eigenvalue weighted by Crippen LogP contribution is 2.05. The molecule has 0 spiro atoms. The van der Waals surface area contributed by atoms with E-state index in [-0.39, 0.29) is 5.91 Å². The fourth-order valence-corrected chi connectivity index (χ4v) is 1.30. The van der Waals surface area contributed by atoms with Crippen molar-refractivity contribution in [3.05, 3.63) is 36.8 Å². The summed E-state index contributed by atoms with van der Waals surface area (Å²) < 4.78 is 4.92. The predicted molar refractivity (Wildman–Crippen MR) is 58.0 cm³/mol. The summed E-state index contributed by atoms with van der Waals surface area (Å²) in [6.45, 7) is 4.07. The second kappa shape index (κ2) is 5.36. The van der Waals surface area contributed by atoms with Crippen molar-refractivity contribution in [2.75, 3.05) is 7.05 Å². The molecule has 0 aliphatic heterocycles. The van der Waals surface area contributed by atoms with Gasteiger partial charge in [0.05, 0.1) is 18.6 Å². The van der Waals surface area contributed by atoms with E-state index in [1.165, 1.54) is 0 Å². The van der Waals surface area contributed by atoms with E-state index >= 15 is 0 Å². The molecule has 4 heteroatoms. The fraction of sp³-hybridized carbons (Fsp3) is 0.364. The number of nitrogens with zero attached hydrogens (tertiary/aromatic N) is 1. The molecule has 0 saturated heterocycles. The highest BCUT2D eigenvalue weighted by atomic mass is 16.3. The first-order valence-electron chi connectivity index (χ1n) is 4.77. The SMILES string of the molecule is C=CCC(N)C(=O)N(C)Cc1ccoc1. The number of likely N-dealkylation sites (N-methyl/N-ethyl adjacent to an activating group) is 1. The van der Waals surface area contributed by atoms with E-state index in [2.05, 4.69) is 6.58 Å². The molecule has 1 aromatic rings. The van der Waals surface area contributed by atoms with Crippen molar-refractivity contribution < 1.29 is 9.21 Å². The smallest absolute Gasteiger partial charge is 0.239 e. The van der Waals surface area contributed by atoms with E-state index in [1.54, 1.807) is 30.5 Å². The van der Waals surface area contributed by atoms with Crippen LogP contribution in [0.4, 0.5) is 0 Å². The van der Waals surface area contributed by atoms with Crippen LogP contribution in [0, 0.1) is 0 Å². The minimum absolute atomic E-state index is 0.0869. The molecule has 0 bridgehead atoms. The van der Waals surface area contributed by atoms with Crippen LogP contribution in [0.1, 0.15) is 12.0 Å². The highest BCUT2D eigenvalue weighted by Gasteiger charge is 2.16. The average Bonchev–Trinajstić information content (AvgIpc) is 2.69. The lowest BCUT2D eigenvalue weighted by atomic mass is 10.2. The highest BCUT2D eigenvalue weighted by molar-refractivity contribution is 5.81. The normalized spacial score (nSPS) is 12.1. The minimum Gasteiger partial charge on any atom is -0.472 e. The monoisotopic (exact) mass is 208 g/mol. The Kier molecular flexibility index (Phi) is 4.12. The number of furan rings is 1. The Morgan fingerprint density at radius 3 is 3.07 bits per heavy atom. The first-order valence-corrected chi connectivity index (χ1v) is 4.77. The summed E-state index contributed by atoms with van der Waals surface area (Å²) in [6.07, 6.45) is 5.34. The van der Waals surface area contributed by atoms with Crippen molar-refractivity contribution >= 4 is 5.91 Å². The van der Waals surface area contributed by atoms with Crippen LogP contribution in [0.2, 0.25) is 0 Å². The second-order valence-corrected chi connectivity index (χ2v) is 3.46. The van der Waals surface area contributed by atoms with Gasteiger partial charge in [0.1, 0.15) is 0 Å². The molecular weight excluding hydrogens is 192 g/mol. The van der Waals surface area contributed by atoms with Crippen molar-refractivity contribution in [1.29, 1.82) is 0 Å². The lowest BCUT2D eigenvalue weighted by molar-refractivity contribution is -0.131. The predicted octanol–water partition coefficient (Wildman–Crippen LogP) is 1.14. The molecule has 0 saturated carbocycles. The van der Waals surface area contributed by atoms with Crippen LogP contribution >= 0.6 is 0 Å². The van der Waals surface area contributed by atoms with Gasteiger partial charge < -0.3 is 15.1 Å². The van der Waals surface area contributed by atoms with E-state index < -0.39 is 6.04 Å². The number of hydrogen-bond donors (Lipinski definition) is 1. The average molecular weight is 208 g/mol. The standard InChI is InChI=1S/C11H16N2O2/c1-3-4-10(12)11(14)13(2)7-9-5-6-15-8-9/h3,5-6,8,10H,1,4,7,12H2,2H3. The lowest BCUT2D eigenvalue weighted by Crippen LogP contribution is -2.40. The molecule has 1 heterocycles. The molecule has 1 atom stereocenters. The van der Waals surface area contributed by atoms with Gasteiger partial charge in [-0.2, -0.15) is 0 Å². The molecule has 4 nitrogen and oxygen atoms in total. The van der Waals surface area contributed by atoms with Crippen molar-refractivity contribution in [1.82, 2.24) is 4.90 Å². The summed E-state index contributed by atoms with van der Waals surface area (Å²) in [4.78, 5) is 13.3. The van der Waals surface area contributed by atoms with Gasteiger partial charge in [-0.1, -0.05) is 6.08 Å². The van der Waals surface area contributed by atoms with Crippen LogP contribution in [0.3, 0.4) is 0 Å². The Bertz CT molecular complexity index is 319. The van der Waals surface area contributed by atoms with Crippen LogP contribution < -0.4 is 5.73 Å². The third kappa shape index (κ3) is 3.25. The zero-order valence-corrected chi connectivity index (χ0v) is 8.85. The largest absolute Gasteiger partial charge is 0.472 e. The van der Waals surface area contributed by atoms with E-state index in [0.29, 0.717) is 13.0 Å². The van der Waals surface area contributed by atoms with Gasteiger partial charge in [0.25, 0.3) is 0 Å². The van der Waals surface area contributed by atoms with Crippen LogP contribution in [0.5, 0.6) is 0 Å². The summed E-state index contributed by atoms with van der Waals surface area (Å²) in [6, 6.07) is 1.32. The maximum absolute atomic E-state index is 11.7. The zero-order valence-electron chi connectivity index (χ0n) is 8.85. The first-order chi connectivity index (χ1) is 7.15. The maximum atomic E-state index is 11.7. The van der Waals surface area contributed by atoms with Gasteiger partial charge in [0.2, 0.25) is 5.91 Å². The molecule has 1 unspecified atom stereocenters. The Morgan fingerprint density at radius 2 is 2.53 bits per heavy atom. The summed E-state index contributed by atoms with van der Waals surface area (Å²) in [5, 5.41) is 0. The third-order valence-electron chi connectivity index (χ3n) is 2.11. The quantitative estimate of drug-likeness (QED) is 0.738. The number of rotatable bonds is 5. The van der Waals surface area contributed by atoms with Gasteiger partial charge >= 0.3 is 0 Å². The van der Waals surface area contributed by atoms with Crippen molar-refractivity contribution in [3.8, 4) is 0 Å². The summed E-state index contributed by atoms with van der Waals surface area (Å²) in [5.74, 6) is -0.0869. The number of carbonyl (C=O) groups is 1. The first kappa shape index (κ1) is 11.5. The van der Waals surface area contributed by atoms with Crippen molar-refractivity contribution in [2.24, 2.45) is 5.73 Å². The molecule has 15 heavy (non-hydrogen) atoms. The van der Waals surface area contributed by atoms with E-state index in [4.69, 9.17) is 10.2 Å². The van der Waals surface area contributed by atoms with E-state index in [0.717, 1.165) is 5.56 Å². The van der Waals surface area contributed by atoms with E-state index in [9.17, 15) is 4.79 Å². The molecule has 0 fully saturated rings. The summed E-state index contributed by atoms with van der Waals surface area (Å²) in [5.41, 5.74) is 6.63. The Hall–Kier alpha value is -1.55. The molecule has 0 aromatic carbocycles. The third-order valence-corrected chi connectivity index (χ3v) is 2.11.